The number of esters is 1. The molecule has 144 valence electrons. The van der Waals surface area contributed by atoms with Gasteiger partial charge in [0.1, 0.15) is 0 Å². The normalized spacial score (nSPS) is 12.1. The highest BCUT2D eigenvalue weighted by molar-refractivity contribution is 7.92. The van der Waals surface area contributed by atoms with E-state index in [1.807, 2.05) is 0 Å². The standard InChI is InChI=1S/C18H19ClN2O5S/c1-3-20-17(22)12(2)26-18(23)13-4-10-16(11-5-13)27(24,25)21-15-8-6-14(19)7-9-15/h4-12,21H,3H2,1-2H3,(H,20,22)/t12-/m1/s1. The molecule has 27 heavy (non-hydrogen) atoms. The third-order valence-electron chi connectivity index (χ3n) is 3.50. The molecule has 0 fully saturated rings. The number of hydrogen-bond donors (Lipinski definition) is 2. The van der Waals surface area contributed by atoms with Crippen molar-refractivity contribution in [1.82, 2.24) is 5.32 Å². The number of carbonyl (C=O) groups is 2. The predicted molar refractivity (Wildman–Crippen MR) is 102 cm³/mol. The Morgan fingerprint density at radius 1 is 1.07 bits per heavy atom. The number of benzene rings is 2. The molecule has 0 aliphatic heterocycles. The van der Waals surface area contributed by atoms with E-state index < -0.39 is 28.0 Å². The summed E-state index contributed by atoms with van der Waals surface area (Å²) < 4.78 is 32.3. The van der Waals surface area contributed by atoms with Crippen molar-refractivity contribution >= 4 is 39.2 Å². The molecular formula is C18H19ClN2O5S. The summed E-state index contributed by atoms with van der Waals surface area (Å²) in [4.78, 5) is 23.7. The first-order valence-corrected chi connectivity index (χ1v) is 9.96. The van der Waals surface area contributed by atoms with Crippen LogP contribution in [0.25, 0.3) is 0 Å². The Morgan fingerprint density at radius 3 is 2.22 bits per heavy atom. The van der Waals surface area contributed by atoms with Gasteiger partial charge in [-0.15, -0.1) is 0 Å². The minimum Gasteiger partial charge on any atom is -0.449 e. The van der Waals surface area contributed by atoms with Crippen molar-refractivity contribution in [3.63, 3.8) is 0 Å². The van der Waals surface area contributed by atoms with E-state index >= 15 is 0 Å². The van der Waals surface area contributed by atoms with Crippen molar-refractivity contribution in [1.29, 1.82) is 0 Å². The molecular weight excluding hydrogens is 392 g/mol. The Morgan fingerprint density at radius 2 is 1.67 bits per heavy atom. The summed E-state index contributed by atoms with van der Waals surface area (Å²) in [5, 5.41) is 3.03. The van der Waals surface area contributed by atoms with Crippen LogP contribution in [-0.4, -0.2) is 32.9 Å². The summed E-state index contributed by atoms with van der Waals surface area (Å²) in [7, 11) is -3.82. The largest absolute Gasteiger partial charge is 0.449 e. The maximum absolute atomic E-state index is 12.4. The Hall–Kier alpha value is -2.58. The fourth-order valence-electron chi connectivity index (χ4n) is 2.10. The second-order valence-electron chi connectivity index (χ2n) is 5.58. The van der Waals surface area contributed by atoms with Crippen molar-refractivity contribution in [2.75, 3.05) is 11.3 Å². The molecule has 0 spiro atoms. The van der Waals surface area contributed by atoms with Gasteiger partial charge in [-0.25, -0.2) is 13.2 Å². The molecule has 1 amide bonds. The molecule has 2 aromatic carbocycles. The molecule has 1 atom stereocenters. The van der Waals surface area contributed by atoms with E-state index in [1.165, 1.54) is 43.3 Å². The van der Waals surface area contributed by atoms with Crippen LogP contribution < -0.4 is 10.0 Å². The van der Waals surface area contributed by atoms with Gasteiger partial charge >= 0.3 is 5.97 Å². The van der Waals surface area contributed by atoms with E-state index in [9.17, 15) is 18.0 Å². The molecule has 2 rings (SSSR count). The van der Waals surface area contributed by atoms with Crippen LogP contribution in [0.1, 0.15) is 24.2 Å². The molecule has 2 N–H and O–H groups in total. The van der Waals surface area contributed by atoms with Crippen molar-refractivity contribution in [2.45, 2.75) is 24.8 Å². The van der Waals surface area contributed by atoms with Crippen LogP contribution in [0.3, 0.4) is 0 Å². The van der Waals surface area contributed by atoms with Gasteiger partial charge in [0.25, 0.3) is 15.9 Å². The van der Waals surface area contributed by atoms with E-state index in [1.54, 1.807) is 19.1 Å². The lowest BCUT2D eigenvalue weighted by molar-refractivity contribution is -0.128. The molecule has 0 bridgehead atoms. The lowest BCUT2D eigenvalue weighted by atomic mass is 10.2. The lowest BCUT2D eigenvalue weighted by Crippen LogP contribution is -2.35. The topological polar surface area (TPSA) is 102 Å². The number of nitrogens with one attached hydrogen (secondary N) is 2. The molecule has 0 aliphatic carbocycles. The van der Waals surface area contributed by atoms with Crippen LogP contribution in [0, 0.1) is 0 Å². The number of amides is 1. The molecule has 9 heteroatoms. The van der Waals surface area contributed by atoms with Crippen molar-refractivity contribution < 1.29 is 22.7 Å². The third-order valence-corrected chi connectivity index (χ3v) is 5.15. The van der Waals surface area contributed by atoms with E-state index in [2.05, 4.69) is 10.0 Å². The monoisotopic (exact) mass is 410 g/mol. The highest BCUT2D eigenvalue weighted by Gasteiger charge is 2.19. The van der Waals surface area contributed by atoms with E-state index in [0.717, 1.165) is 0 Å². The number of hydrogen-bond acceptors (Lipinski definition) is 5. The smallest absolute Gasteiger partial charge is 0.338 e. The highest BCUT2D eigenvalue weighted by atomic mass is 35.5. The summed E-state index contributed by atoms with van der Waals surface area (Å²) in [5.74, 6) is -1.12. The molecule has 2 aromatic rings. The van der Waals surface area contributed by atoms with Crippen LogP contribution in [0.2, 0.25) is 5.02 Å². The second kappa shape index (κ2) is 8.88. The zero-order chi connectivity index (χ0) is 20.0. The Kier molecular flexibility index (Phi) is 6.81. The molecule has 0 radical (unpaired) electrons. The zero-order valence-electron chi connectivity index (χ0n) is 14.7. The molecule has 7 nitrogen and oxygen atoms in total. The number of sulfonamides is 1. The van der Waals surface area contributed by atoms with Crippen LogP contribution in [0.15, 0.2) is 53.4 Å². The maximum Gasteiger partial charge on any atom is 0.338 e. The molecule has 0 aromatic heterocycles. The number of halogens is 1. The van der Waals surface area contributed by atoms with Gasteiger partial charge in [0.2, 0.25) is 0 Å². The Labute approximate surface area is 162 Å². The fourth-order valence-corrected chi connectivity index (χ4v) is 3.29. The van der Waals surface area contributed by atoms with E-state index in [0.29, 0.717) is 17.3 Å². The molecule has 0 heterocycles. The summed E-state index contributed by atoms with van der Waals surface area (Å²) in [6, 6.07) is 11.4. The van der Waals surface area contributed by atoms with E-state index in [-0.39, 0.29) is 10.5 Å². The molecule has 0 saturated carbocycles. The van der Waals surface area contributed by atoms with Gasteiger partial charge in [-0.2, -0.15) is 0 Å². The van der Waals surface area contributed by atoms with Gasteiger partial charge in [-0.05, 0) is 62.4 Å². The van der Waals surface area contributed by atoms with Gasteiger partial charge in [-0.3, -0.25) is 9.52 Å². The summed E-state index contributed by atoms with van der Waals surface area (Å²) in [6.07, 6.45) is -0.951. The minimum atomic E-state index is -3.82. The average molecular weight is 411 g/mol. The number of rotatable bonds is 7. The number of likely N-dealkylation sites (N-methyl/N-ethyl adjacent to an activating group) is 1. The first-order chi connectivity index (χ1) is 12.7. The highest BCUT2D eigenvalue weighted by Crippen LogP contribution is 2.19. The van der Waals surface area contributed by atoms with Crippen molar-refractivity contribution in [3.05, 3.63) is 59.1 Å². The van der Waals surface area contributed by atoms with Gasteiger partial charge in [0.15, 0.2) is 6.10 Å². The third kappa shape index (κ3) is 5.70. The molecule has 0 unspecified atom stereocenters. The lowest BCUT2D eigenvalue weighted by Gasteiger charge is -2.13. The number of carbonyl (C=O) groups excluding carboxylic acids is 2. The number of anilines is 1. The average Bonchev–Trinajstić information content (AvgIpc) is 2.63. The number of ether oxygens (including phenoxy) is 1. The summed E-state index contributed by atoms with van der Waals surface area (Å²) in [5.41, 5.74) is 0.496. The van der Waals surface area contributed by atoms with Gasteiger partial charge in [-0.1, -0.05) is 11.6 Å². The van der Waals surface area contributed by atoms with Gasteiger partial charge in [0, 0.05) is 17.3 Å². The predicted octanol–water partition coefficient (Wildman–Crippen LogP) is 2.82. The zero-order valence-corrected chi connectivity index (χ0v) is 16.3. The minimum absolute atomic E-state index is 0.0224. The molecule has 0 aliphatic rings. The SMILES string of the molecule is CCNC(=O)[C@@H](C)OC(=O)c1ccc(S(=O)(=O)Nc2ccc(Cl)cc2)cc1. The van der Waals surface area contributed by atoms with Crippen LogP contribution in [0.5, 0.6) is 0 Å². The summed E-state index contributed by atoms with van der Waals surface area (Å²) >= 11 is 5.77. The fraction of sp³-hybridized carbons (Fsp3) is 0.222. The Bertz CT molecular complexity index is 912. The first-order valence-electron chi connectivity index (χ1n) is 8.10. The van der Waals surface area contributed by atoms with Gasteiger partial charge in [0.05, 0.1) is 10.5 Å². The van der Waals surface area contributed by atoms with Crippen molar-refractivity contribution in [3.8, 4) is 0 Å². The summed E-state index contributed by atoms with van der Waals surface area (Å²) in [6.45, 7) is 3.63. The second-order valence-corrected chi connectivity index (χ2v) is 7.70. The van der Waals surface area contributed by atoms with Crippen LogP contribution in [-0.2, 0) is 19.6 Å². The first kappa shape index (κ1) is 20.7. The van der Waals surface area contributed by atoms with Crippen LogP contribution >= 0.6 is 11.6 Å². The Balaban J connectivity index is 2.08. The van der Waals surface area contributed by atoms with Gasteiger partial charge < -0.3 is 10.1 Å². The maximum atomic E-state index is 12.4. The quantitative estimate of drug-likeness (QED) is 0.683. The van der Waals surface area contributed by atoms with E-state index in [4.69, 9.17) is 16.3 Å². The molecule has 0 saturated heterocycles. The van der Waals surface area contributed by atoms with Crippen molar-refractivity contribution in [2.24, 2.45) is 0 Å². The van der Waals surface area contributed by atoms with Crippen LogP contribution in [0.4, 0.5) is 5.69 Å².